The van der Waals surface area contributed by atoms with E-state index in [1.807, 2.05) is 12.1 Å². The Morgan fingerprint density at radius 3 is 2.64 bits per heavy atom. The normalized spacial score (nSPS) is 16.8. The second-order valence-corrected chi connectivity index (χ2v) is 6.39. The highest BCUT2D eigenvalue weighted by Crippen LogP contribution is 2.17. The number of carbonyl (C=O) groups is 1. The minimum Gasteiger partial charge on any atom is -0.321 e. The third kappa shape index (κ3) is 5.66. The lowest BCUT2D eigenvalue weighted by Gasteiger charge is -2.23. The van der Waals surface area contributed by atoms with Crippen molar-refractivity contribution < 1.29 is 4.79 Å². The summed E-state index contributed by atoms with van der Waals surface area (Å²) in [7, 11) is 0. The van der Waals surface area contributed by atoms with E-state index in [2.05, 4.69) is 32.7 Å². The molecule has 0 unspecified atom stereocenters. The van der Waals surface area contributed by atoms with Gasteiger partial charge < -0.3 is 10.6 Å². The van der Waals surface area contributed by atoms with Crippen LogP contribution in [0.5, 0.6) is 0 Å². The highest BCUT2D eigenvalue weighted by atomic mass is 35.5. The number of hydrogen-bond donors (Lipinski definition) is 2. The van der Waals surface area contributed by atoms with Gasteiger partial charge in [-0.25, -0.2) is 9.97 Å². The number of amides is 1. The molecule has 134 valence electrons. The summed E-state index contributed by atoms with van der Waals surface area (Å²) >= 11 is 5.89. The number of aryl methyl sites for hydroxylation is 1. The standard InChI is InChI=1S/C18H21ClN4O.ClH/c19-17-16(21-11-12-22-17)18(24)23-15-8-5-13(6-9-15)4-7-14-3-1-2-10-20-14;/h5-6,8-9,11-12,14,20H,1-4,7,10H2,(H,23,24);1H/t14-;/m0./s1. The van der Waals surface area contributed by atoms with E-state index in [0.717, 1.165) is 25.1 Å². The van der Waals surface area contributed by atoms with Gasteiger partial charge in [0.1, 0.15) is 0 Å². The lowest BCUT2D eigenvalue weighted by atomic mass is 9.98. The maximum atomic E-state index is 12.1. The first-order valence-corrected chi connectivity index (χ1v) is 8.70. The van der Waals surface area contributed by atoms with Crippen molar-refractivity contribution in [2.45, 2.75) is 38.1 Å². The topological polar surface area (TPSA) is 66.9 Å². The van der Waals surface area contributed by atoms with Gasteiger partial charge in [0.25, 0.3) is 5.91 Å². The molecule has 5 nitrogen and oxygen atoms in total. The quantitative estimate of drug-likeness (QED) is 0.825. The molecule has 3 rings (SSSR count). The first-order valence-electron chi connectivity index (χ1n) is 8.32. The molecule has 1 aromatic carbocycles. The van der Waals surface area contributed by atoms with E-state index >= 15 is 0 Å². The maximum Gasteiger partial charge on any atom is 0.277 e. The van der Waals surface area contributed by atoms with E-state index in [9.17, 15) is 4.79 Å². The molecule has 1 aromatic heterocycles. The molecule has 1 aliphatic heterocycles. The van der Waals surface area contributed by atoms with Crippen molar-refractivity contribution in [3.8, 4) is 0 Å². The van der Waals surface area contributed by atoms with Crippen molar-refractivity contribution in [1.82, 2.24) is 15.3 Å². The molecule has 1 aliphatic rings. The summed E-state index contributed by atoms with van der Waals surface area (Å²) in [5.41, 5.74) is 2.13. The molecule has 0 bridgehead atoms. The third-order valence-corrected chi connectivity index (χ3v) is 4.55. The molecule has 0 aliphatic carbocycles. The van der Waals surface area contributed by atoms with Crippen molar-refractivity contribution in [2.24, 2.45) is 0 Å². The SMILES string of the molecule is Cl.O=C(Nc1ccc(CC[C@@H]2CCCCN2)cc1)c1nccnc1Cl. The molecule has 1 amide bonds. The molecular weight excluding hydrogens is 359 g/mol. The Bertz CT molecular complexity index is 688. The molecule has 0 radical (unpaired) electrons. The number of piperidine rings is 1. The summed E-state index contributed by atoms with van der Waals surface area (Å²) < 4.78 is 0. The van der Waals surface area contributed by atoms with Gasteiger partial charge in [-0.2, -0.15) is 0 Å². The molecule has 25 heavy (non-hydrogen) atoms. The van der Waals surface area contributed by atoms with E-state index in [1.54, 1.807) is 0 Å². The van der Waals surface area contributed by atoms with E-state index in [0.29, 0.717) is 6.04 Å². The Hall–Kier alpha value is -1.69. The van der Waals surface area contributed by atoms with Crippen molar-refractivity contribution >= 4 is 35.6 Å². The number of rotatable bonds is 5. The van der Waals surface area contributed by atoms with Crippen LogP contribution in [0.3, 0.4) is 0 Å². The lowest BCUT2D eigenvalue weighted by molar-refractivity contribution is 0.102. The summed E-state index contributed by atoms with van der Waals surface area (Å²) in [6.07, 6.45) is 8.99. The van der Waals surface area contributed by atoms with Crippen LogP contribution in [-0.4, -0.2) is 28.5 Å². The van der Waals surface area contributed by atoms with Crippen molar-refractivity contribution in [3.63, 3.8) is 0 Å². The van der Waals surface area contributed by atoms with E-state index in [4.69, 9.17) is 11.6 Å². The van der Waals surface area contributed by atoms with Crippen LogP contribution in [0.4, 0.5) is 5.69 Å². The Morgan fingerprint density at radius 1 is 1.20 bits per heavy atom. The molecule has 7 heteroatoms. The van der Waals surface area contributed by atoms with Crippen molar-refractivity contribution in [2.75, 3.05) is 11.9 Å². The Balaban J connectivity index is 0.00000225. The Morgan fingerprint density at radius 2 is 1.96 bits per heavy atom. The van der Waals surface area contributed by atoms with Crippen LogP contribution in [0.1, 0.15) is 41.7 Å². The summed E-state index contributed by atoms with van der Waals surface area (Å²) in [4.78, 5) is 20.0. The Labute approximate surface area is 159 Å². The van der Waals surface area contributed by atoms with Crippen LogP contribution < -0.4 is 10.6 Å². The van der Waals surface area contributed by atoms with Crippen LogP contribution in [0, 0.1) is 0 Å². The lowest BCUT2D eigenvalue weighted by Crippen LogP contribution is -2.34. The van der Waals surface area contributed by atoms with Gasteiger partial charge in [0.05, 0.1) is 0 Å². The van der Waals surface area contributed by atoms with E-state index < -0.39 is 0 Å². The highest BCUT2D eigenvalue weighted by molar-refractivity contribution is 6.32. The number of aromatic nitrogens is 2. The molecule has 1 saturated heterocycles. The fourth-order valence-electron chi connectivity index (χ4n) is 2.93. The number of benzene rings is 1. The van der Waals surface area contributed by atoms with Crippen LogP contribution in [0.2, 0.25) is 5.15 Å². The summed E-state index contributed by atoms with van der Waals surface area (Å²) in [5, 5.41) is 6.46. The molecular formula is C18H22Cl2N4O. The van der Waals surface area contributed by atoms with E-state index in [-0.39, 0.29) is 29.2 Å². The summed E-state index contributed by atoms with van der Waals surface area (Å²) in [5.74, 6) is -0.354. The fraction of sp³-hybridized carbons (Fsp3) is 0.389. The minimum absolute atomic E-state index is 0. The van der Waals surface area contributed by atoms with E-state index in [1.165, 1.54) is 37.2 Å². The van der Waals surface area contributed by atoms with Gasteiger partial charge in [-0.3, -0.25) is 4.79 Å². The molecule has 0 spiro atoms. The van der Waals surface area contributed by atoms with Gasteiger partial charge in [-0.1, -0.05) is 30.2 Å². The van der Waals surface area contributed by atoms with Gasteiger partial charge in [0, 0.05) is 24.1 Å². The van der Waals surface area contributed by atoms with Gasteiger partial charge >= 0.3 is 0 Å². The fourth-order valence-corrected chi connectivity index (χ4v) is 3.12. The predicted octanol–water partition coefficient (Wildman–Crippen LogP) is 3.88. The second kappa shape index (κ2) is 9.70. The molecule has 2 aromatic rings. The van der Waals surface area contributed by atoms with Gasteiger partial charge in [0.15, 0.2) is 10.8 Å². The smallest absolute Gasteiger partial charge is 0.277 e. The first-order chi connectivity index (χ1) is 11.7. The molecule has 1 atom stereocenters. The maximum absolute atomic E-state index is 12.1. The van der Waals surface area contributed by atoms with Crippen LogP contribution in [0.25, 0.3) is 0 Å². The van der Waals surface area contributed by atoms with Crippen molar-refractivity contribution in [3.05, 3.63) is 53.1 Å². The molecule has 1 fully saturated rings. The zero-order chi connectivity index (χ0) is 16.8. The third-order valence-electron chi connectivity index (χ3n) is 4.27. The predicted molar refractivity (Wildman–Crippen MR) is 103 cm³/mol. The molecule has 2 heterocycles. The zero-order valence-corrected chi connectivity index (χ0v) is 15.4. The van der Waals surface area contributed by atoms with Crippen LogP contribution in [0.15, 0.2) is 36.7 Å². The van der Waals surface area contributed by atoms with Gasteiger partial charge in [-0.15, -0.1) is 12.4 Å². The monoisotopic (exact) mass is 380 g/mol. The number of nitrogens with zero attached hydrogens (tertiary/aromatic N) is 2. The van der Waals surface area contributed by atoms with Gasteiger partial charge in [-0.05, 0) is 49.9 Å². The van der Waals surface area contributed by atoms with Crippen molar-refractivity contribution in [1.29, 1.82) is 0 Å². The number of hydrogen-bond acceptors (Lipinski definition) is 4. The largest absolute Gasteiger partial charge is 0.321 e. The highest BCUT2D eigenvalue weighted by Gasteiger charge is 2.14. The Kier molecular flexibility index (Phi) is 7.62. The number of anilines is 1. The number of nitrogens with one attached hydrogen (secondary N) is 2. The van der Waals surface area contributed by atoms with Crippen LogP contribution in [-0.2, 0) is 6.42 Å². The summed E-state index contributed by atoms with van der Waals surface area (Å²) in [6.45, 7) is 1.14. The van der Waals surface area contributed by atoms with Gasteiger partial charge in [0.2, 0.25) is 0 Å². The molecule has 2 N–H and O–H groups in total. The summed E-state index contributed by atoms with van der Waals surface area (Å²) in [6, 6.07) is 8.56. The minimum atomic E-state index is -0.354. The molecule has 0 saturated carbocycles. The average Bonchev–Trinajstić information content (AvgIpc) is 2.62. The number of halogens is 2. The zero-order valence-electron chi connectivity index (χ0n) is 13.9. The van der Waals surface area contributed by atoms with Crippen LogP contribution >= 0.6 is 24.0 Å². The first kappa shape index (κ1) is 19.6. The number of carbonyl (C=O) groups excluding carboxylic acids is 1. The average molecular weight is 381 g/mol. The second-order valence-electron chi connectivity index (χ2n) is 6.03.